The van der Waals surface area contributed by atoms with Crippen LogP contribution in [0.2, 0.25) is 0 Å². The van der Waals surface area contributed by atoms with Crippen LogP contribution in [0.25, 0.3) is 27.7 Å². The number of ether oxygens (including phenoxy) is 1. The van der Waals surface area contributed by atoms with Crippen LogP contribution in [0.3, 0.4) is 0 Å². The topological polar surface area (TPSA) is 74.8 Å². The fourth-order valence-electron chi connectivity index (χ4n) is 3.01. The fourth-order valence-corrected chi connectivity index (χ4v) is 3.01. The molecule has 0 N–H and O–H groups in total. The average Bonchev–Trinajstić information content (AvgIpc) is 2.99. The third-order valence-electron chi connectivity index (χ3n) is 4.25. The molecule has 4 aromatic rings. The van der Waals surface area contributed by atoms with Gasteiger partial charge in [-0.05, 0) is 30.7 Å². The Labute approximate surface area is 148 Å². The minimum Gasteiger partial charge on any atom is -0.469 e. The van der Waals surface area contributed by atoms with Gasteiger partial charge < -0.3 is 9.57 Å². The number of imidazole rings is 1. The van der Waals surface area contributed by atoms with Crippen LogP contribution >= 0.6 is 0 Å². The van der Waals surface area contributed by atoms with Gasteiger partial charge in [-0.1, -0.05) is 24.3 Å². The van der Waals surface area contributed by atoms with E-state index < -0.39 is 0 Å². The highest BCUT2D eigenvalue weighted by Crippen LogP contribution is 2.19. The number of benzene rings is 2. The molecule has 26 heavy (non-hydrogen) atoms. The lowest BCUT2D eigenvalue weighted by atomic mass is 10.2. The van der Waals surface area contributed by atoms with Gasteiger partial charge in [-0.15, -0.1) is 4.73 Å². The maximum Gasteiger partial charge on any atom is 0.305 e. The molecule has 2 aromatic heterocycles. The summed E-state index contributed by atoms with van der Waals surface area (Å²) in [5, 5.41) is 0.554. The predicted molar refractivity (Wildman–Crippen MR) is 97.2 cm³/mol. The maximum absolute atomic E-state index is 13.0. The molecule has 4 rings (SSSR count). The Kier molecular flexibility index (Phi) is 4.04. The van der Waals surface area contributed by atoms with Crippen molar-refractivity contribution < 1.29 is 14.4 Å². The highest BCUT2D eigenvalue weighted by Gasteiger charge is 2.16. The van der Waals surface area contributed by atoms with Gasteiger partial charge in [0.2, 0.25) is 0 Å². The summed E-state index contributed by atoms with van der Waals surface area (Å²) in [6, 6.07) is 14.7. The van der Waals surface area contributed by atoms with Crippen molar-refractivity contribution >= 4 is 33.7 Å². The largest absolute Gasteiger partial charge is 0.469 e. The van der Waals surface area contributed by atoms with E-state index in [4.69, 9.17) is 4.84 Å². The summed E-state index contributed by atoms with van der Waals surface area (Å²) in [5.41, 5.74) is 1.93. The van der Waals surface area contributed by atoms with E-state index in [-0.39, 0.29) is 17.9 Å². The first-order valence-corrected chi connectivity index (χ1v) is 8.32. The van der Waals surface area contributed by atoms with Crippen LogP contribution in [0.5, 0.6) is 0 Å². The van der Waals surface area contributed by atoms with Crippen LogP contribution < -0.4 is 10.4 Å². The molecule has 0 spiro atoms. The molecule has 0 amide bonds. The Bertz CT molecular complexity index is 1180. The molecular formula is C19H17N3O4. The smallest absolute Gasteiger partial charge is 0.305 e. The Hall–Kier alpha value is -3.35. The van der Waals surface area contributed by atoms with Crippen molar-refractivity contribution in [3.05, 3.63) is 58.9 Å². The number of para-hydroxylation sites is 3. The van der Waals surface area contributed by atoms with Crippen molar-refractivity contribution in [1.82, 2.24) is 14.1 Å². The molecule has 2 heterocycles. The lowest BCUT2D eigenvalue weighted by molar-refractivity contribution is -0.140. The molecule has 0 saturated heterocycles. The van der Waals surface area contributed by atoms with Gasteiger partial charge in [0.05, 0.1) is 23.5 Å². The van der Waals surface area contributed by atoms with Gasteiger partial charge >= 0.3 is 5.97 Å². The van der Waals surface area contributed by atoms with Crippen molar-refractivity contribution in [3.63, 3.8) is 0 Å². The van der Waals surface area contributed by atoms with Crippen molar-refractivity contribution in [2.75, 3.05) is 13.7 Å². The molecule has 0 atom stereocenters. The average molecular weight is 351 g/mol. The summed E-state index contributed by atoms with van der Waals surface area (Å²) >= 11 is 0. The molecule has 0 fully saturated rings. The minimum atomic E-state index is -0.281. The number of nitrogens with zero attached hydrogens (tertiary/aromatic N) is 3. The molecule has 0 saturated carbocycles. The summed E-state index contributed by atoms with van der Waals surface area (Å²) in [6.45, 7) is 0.298. The van der Waals surface area contributed by atoms with Gasteiger partial charge in [0.25, 0.3) is 11.3 Å². The van der Waals surface area contributed by atoms with Crippen molar-refractivity contribution in [3.8, 4) is 0 Å². The Morgan fingerprint density at radius 2 is 1.81 bits per heavy atom. The predicted octanol–water partition coefficient (Wildman–Crippen LogP) is 2.18. The number of fused-ring (bicyclic) bond motifs is 4. The number of rotatable bonds is 5. The van der Waals surface area contributed by atoms with E-state index in [0.29, 0.717) is 29.7 Å². The fraction of sp³-hybridized carbons (Fsp3) is 0.211. The molecule has 7 nitrogen and oxygen atoms in total. The zero-order valence-electron chi connectivity index (χ0n) is 14.2. The Balaban J connectivity index is 1.85. The maximum atomic E-state index is 13.0. The van der Waals surface area contributed by atoms with E-state index in [1.165, 1.54) is 7.11 Å². The molecule has 0 radical (unpaired) electrons. The van der Waals surface area contributed by atoms with Gasteiger partial charge in [0.15, 0.2) is 0 Å². The zero-order chi connectivity index (χ0) is 18.1. The lowest BCUT2D eigenvalue weighted by Gasteiger charge is -2.08. The van der Waals surface area contributed by atoms with Gasteiger partial charge in [-0.25, -0.2) is 9.38 Å². The minimum absolute atomic E-state index is 0.140. The molecule has 0 aliphatic heterocycles. The van der Waals surface area contributed by atoms with E-state index in [1.807, 2.05) is 36.4 Å². The van der Waals surface area contributed by atoms with E-state index in [0.717, 1.165) is 11.0 Å². The quantitative estimate of drug-likeness (QED) is 0.407. The first kappa shape index (κ1) is 16.1. The van der Waals surface area contributed by atoms with Gasteiger partial charge in [0.1, 0.15) is 12.1 Å². The van der Waals surface area contributed by atoms with E-state index in [1.54, 1.807) is 21.3 Å². The molecular weight excluding hydrogens is 334 g/mol. The molecule has 2 aromatic carbocycles. The van der Waals surface area contributed by atoms with Crippen LogP contribution in [0.4, 0.5) is 0 Å². The zero-order valence-corrected chi connectivity index (χ0v) is 14.2. The van der Waals surface area contributed by atoms with Gasteiger partial charge in [-0.3, -0.25) is 9.59 Å². The van der Waals surface area contributed by atoms with Crippen LogP contribution in [0.1, 0.15) is 12.8 Å². The monoisotopic (exact) mass is 351 g/mol. The molecule has 0 aliphatic rings. The van der Waals surface area contributed by atoms with Crippen LogP contribution in [-0.4, -0.2) is 33.8 Å². The number of carbonyl (C=O) groups is 1. The molecule has 0 bridgehead atoms. The summed E-state index contributed by atoms with van der Waals surface area (Å²) < 4.78 is 7.74. The summed E-state index contributed by atoms with van der Waals surface area (Å²) in [6.07, 6.45) is 0.771. The standard InChI is InChI=1S/C19H17N3O4/c1-25-17(23)11-6-12-26-22-16-10-5-4-9-15(16)21-18(24)13-7-2-3-8-14(13)20-19(21)22/h2-5,7-10H,6,11-12H2,1H3. The highest BCUT2D eigenvalue weighted by molar-refractivity contribution is 5.85. The number of carbonyl (C=O) groups excluding carboxylic acids is 1. The highest BCUT2D eigenvalue weighted by atomic mass is 16.7. The van der Waals surface area contributed by atoms with E-state index in [2.05, 4.69) is 9.72 Å². The first-order valence-electron chi connectivity index (χ1n) is 8.32. The summed E-state index contributed by atoms with van der Waals surface area (Å²) in [4.78, 5) is 34.7. The van der Waals surface area contributed by atoms with Crippen LogP contribution in [-0.2, 0) is 9.53 Å². The van der Waals surface area contributed by atoms with Crippen molar-refractivity contribution in [1.29, 1.82) is 0 Å². The number of hydrogen-bond donors (Lipinski definition) is 0. The lowest BCUT2D eigenvalue weighted by Crippen LogP contribution is -2.18. The Morgan fingerprint density at radius 3 is 2.62 bits per heavy atom. The summed E-state index contributed by atoms with van der Waals surface area (Å²) in [5.74, 6) is 0.129. The number of aromatic nitrogens is 3. The van der Waals surface area contributed by atoms with E-state index >= 15 is 0 Å². The second-order valence-corrected chi connectivity index (χ2v) is 5.87. The van der Waals surface area contributed by atoms with Crippen molar-refractivity contribution in [2.24, 2.45) is 0 Å². The molecule has 0 aliphatic carbocycles. The number of hydrogen-bond acceptors (Lipinski definition) is 5. The number of esters is 1. The second-order valence-electron chi connectivity index (χ2n) is 5.87. The van der Waals surface area contributed by atoms with Crippen molar-refractivity contribution in [2.45, 2.75) is 12.8 Å². The SMILES string of the molecule is COC(=O)CCCOn1c2ccccc2n2c(=O)c3ccccc3nc12. The molecule has 0 unspecified atom stereocenters. The third kappa shape index (κ3) is 2.57. The van der Waals surface area contributed by atoms with Gasteiger partial charge in [0, 0.05) is 6.42 Å². The molecule has 7 heteroatoms. The van der Waals surface area contributed by atoms with Gasteiger partial charge in [-0.2, -0.15) is 0 Å². The van der Waals surface area contributed by atoms with Crippen LogP contribution in [0, 0.1) is 0 Å². The first-order chi connectivity index (χ1) is 12.7. The third-order valence-corrected chi connectivity index (χ3v) is 4.25. The normalized spacial score (nSPS) is 11.3. The Morgan fingerprint density at radius 1 is 1.08 bits per heavy atom. The van der Waals surface area contributed by atoms with E-state index in [9.17, 15) is 9.59 Å². The second kappa shape index (κ2) is 6.51. The number of methoxy groups -OCH3 is 1. The summed E-state index contributed by atoms with van der Waals surface area (Å²) in [7, 11) is 1.36. The molecule has 132 valence electrons. The van der Waals surface area contributed by atoms with Crippen LogP contribution in [0.15, 0.2) is 53.3 Å².